The van der Waals surface area contributed by atoms with Crippen LogP contribution in [-0.2, 0) is 11.0 Å². The molecule has 0 radical (unpaired) electrons. The van der Waals surface area contributed by atoms with Crippen molar-refractivity contribution >= 4 is 17.6 Å². The topological polar surface area (TPSA) is 68.6 Å². The highest BCUT2D eigenvalue weighted by Crippen LogP contribution is 2.29. The van der Waals surface area contributed by atoms with Crippen molar-refractivity contribution in [2.24, 2.45) is 5.34 Å². The number of carbonyl (C=O) groups excluding carboxylic acids is 1. The van der Waals surface area contributed by atoms with E-state index in [9.17, 15) is 22.9 Å². The highest BCUT2D eigenvalue weighted by atomic mass is 35.5. The first-order valence-electron chi connectivity index (χ1n) is 3.64. The van der Waals surface area contributed by atoms with Crippen LogP contribution in [0, 0.1) is 4.91 Å². The van der Waals surface area contributed by atoms with E-state index in [-0.39, 0.29) is 0 Å². The minimum Gasteiger partial charge on any atom is -0.279 e. The van der Waals surface area contributed by atoms with Crippen LogP contribution in [0.1, 0.15) is 16.1 Å². The Morgan fingerprint density at radius 2 is 2.06 bits per heavy atom. The second kappa shape index (κ2) is 4.44. The molecule has 1 heterocycles. The molecule has 0 saturated carbocycles. The molecule has 0 amide bonds. The number of hydrogen-bond acceptors (Lipinski definition) is 5. The second-order valence-electron chi connectivity index (χ2n) is 2.49. The van der Waals surface area contributed by atoms with Crippen molar-refractivity contribution in [2.75, 3.05) is 0 Å². The first-order valence-corrected chi connectivity index (χ1v) is 4.02. The monoisotopic (exact) mass is 254 g/mol. The highest BCUT2D eigenvalue weighted by molar-refractivity contribution is 6.32. The molecule has 86 valence electrons. The zero-order valence-electron chi connectivity index (χ0n) is 7.29. The lowest BCUT2D eigenvalue weighted by atomic mass is 10.2. The van der Waals surface area contributed by atoms with Gasteiger partial charge >= 0.3 is 12.1 Å². The summed E-state index contributed by atoms with van der Waals surface area (Å²) in [4.78, 5) is 27.1. The fourth-order valence-corrected chi connectivity index (χ4v) is 1.06. The third kappa shape index (κ3) is 2.66. The van der Waals surface area contributed by atoms with E-state index in [0.717, 1.165) is 6.07 Å². The standard InChI is InChI=1S/C7H2ClF3N2O3/c8-5-3(6(14)16-13-15)1-2-4(12-5)7(9,10)11/h1-2H. The van der Waals surface area contributed by atoms with Crippen molar-refractivity contribution in [1.29, 1.82) is 0 Å². The van der Waals surface area contributed by atoms with Crippen LogP contribution in [0.4, 0.5) is 13.2 Å². The van der Waals surface area contributed by atoms with Gasteiger partial charge in [0.05, 0.1) is 5.56 Å². The van der Waals surface area contributed by atoms with Crippen molar-refractivity contribution in [1.82, 2.24) is 4.98 Å². The Balaban J connectivity index is 3.10. The molecule has 9 heteroatoms. The summed E-state index contributed by atoms with van der Waals surface area (Å²) in [5.41, 5.74) is -1.73. The van der Waals surface area contributed by atoms with E-state index in [1.807, 2.05) is 5.34 Å². The molecule has 0 saturated heterocycles. The molecular formula is C7H2ClF3N2O3. The average Bonchev–Trinajstić information content (AvgIpc) is 2.16. The summed E-state index contributed by atoms with van der Waals surface area (Å²) in [6.07, 6.45) is -4.67. The third-order valence-corrected chi connectivity index (χ3v) is 1.77. The molecule has 0 bridgehead atoms. The summed E-state index contributed by atoms with van der Waals surface area (Å²) >= 11 is 5.31. The predicted molar refractivity (Wildman–Crippen MR) is 45.5 cm³/mol. The Kier molecular flexibility index (Phi) is 3.43. The minimum atomic E-state index is -4.67. The fraction of sp³-hybridized carbons (Fsp3) is 0.143. The molecule has 0 unspecified atom stereocenters. The fourth-order valence-electron chi connectivity index (χ4n) is 0.827. The second-order valence-corrected chi connectivity index (χ2v) is 2.84. The SMILES string of the molecule is O=NOC(=O)c1ccc(C(F)(F)F)nc1Cl. The van der Waals surface area contributed by atoms with E-state index in [0.29, 0.717) is 6.07 Å². The Bertz CT molecular complexity index is 435. The van der Waals surface area contributed by atoms with Crippen LogP contribution in [0.15, 0.2) is 17.5 Å². The van der Waals surface area contributed by atoms with E-state index in [4.69, 9.17) is 11.6 Å². The Morgan fingerprint density at radius 3 is 2.50 bits per heavy atom. The zero-order valence-corrected chi connectivity index (χ0v) is 8.04. The molecule has 0 fully saturated rings. The number of carbonyl (C=O) groups is 1. The molecule has 0 aliphatic carbocycles. The number of halogens is 4. The largest absolute Gasteiger partial charge is 0.433 e. The number of nitrogens with zero attached hydrogens (tertiary/aromatic N) is 2. The van der Waals surface area contributed by atoms with Gasteiger partial charge < -0.3 is 0 Å². The van der Waals surface area contributed by atoms with Crippen molar-refractivity contribution < 1.29 is 22.8 Å². The molecule has 0 aliphatic heterocycles. The van der Waals surface area contributed by atoms with E-state index >= 15 is 0 Å². The molecule has 16 heavy (non-hydrogen) atoms. The quantitative estimate of drug-likeness (QED) is 0.462. The molecule has 0 aromatic carbocycles. The first kappa shape index (κ1) is 12.4. The maximum Gasteiger partial charge on any atom is 0.433 e. The molecular weight excluding hydrogens is 253 g/mol. The number of alkyl halides is 3. The van der Waals surface area contributed by atoms with Gasteiger partial charge in [0.25, 0.3) is 0 Å². The van der Waals surface area contributed by atoms with Gasteiger partial charge in [-0.25, -0.2) is 9.78 Å². The van der Waals surface area contributed by atoms with Crippen molar-refractivity contribution in [3.05, 3.63) is 33.5 Å². The van der Waals surface area contributed by atoms with Crippen LogP contribution in [-0.4, -0.2) is 11.0 Å². The maximum absolute atomic E-state index is 12.1. The van der Waals surface area contributed by atoms with Gasteiger partial charge in [0.15, 0.2) is 5.34 Å². The smallest absolute Gasteiger partial charge is 0.279 e. The molecule has 1 rings (SSSR count). The van der Waals surface area contributed by atoms with Gasteiger partial charge in [-0.3, -0.25) is 4.84 Å². The number of pyridine rings is 1. The van der Waals surface area contributed by atoms with Crippen LogP contribution in [0.5, 0.6) is 0 Å². The lowest BCUT2D eigenvalue weighted by molar-refractivity contribution is -0.141. The van der Waals surface area contributed by atoms with Crippen LogP contribution < -0.4 is 0 Å². The van der Waals surface area contributed by atoms with E-state index in [1.54, 1.807) is 0 Å². The van der Waals surface area contributed by atoms with Crippen molar-refractivity contribution in [3.8, 4) is 0 Å². The normalized spacial score (nSPS) is 11.0. The summed E-state index contributed by atoms with van der Waals surface area (Å²) in [5.74, 6) is -1.28. The first-order chi connectivity index (χ1) is 7.36. The Labute approximate surface area is 91.1 Å². The van der Waals surface area contributed by atoms with Crippen LogP contribution in [0.25, 0.3) is 0 Å². The lowest BCUT2D eigenvalue weighted by Crippen LogP contribution is -2.10. The predicted octanol–water partition coefficient (Wildman–Crippen LogP) is 2.59. The zero-order chi connectivity index (χ0) is 12.3. The summed E-state index contributed by atoms with van der Waals surface area (Å²) in [6.45, 7) is 0. The van der Waals surface area contributed by atoms with Crippen molar-refractivity contribution in [3.63, 3.8) is 0 Å². The summed E-state index contributed by atoms with van der Waals surface area (Å²) < 4.78 is 36.4. The summed E-state index contributed by atoms with van der Waals surface area (Å²) in [6, 6.07) is 1.28. The van der Waals surface area contributed by atoms with Gasteiger partial charge in [0.2, 0.25) is 0 Å². The summed E-state index contributed by atoms with van der Waals surface area (Å²) in [7, 11) is 0. The number of hydrogen-bond donors (Lipinski definition) is 0. The molecule has 0 spiro atoms. The molecule has 0 aliphatic rings. The minimum absolute atomic E-state index is 0.478. The van der Waals surface area contributed by atoms with Gasteiger partial charge in [0.1, 0.15) is 10.8 Å². The van der Waals surface area contributed by atoms with Crippen LogP contribution in [0.2, 0.25) is 5.15 Å². The maximum atomic E-state index is 12.1. The molecule has 1 aromatic heterocycles. The van der Waals surface area contributed by atoms with Gasteiger partial charge in [0, 0.05) is 0 Å². The molecule has 5 nitrogen and oxygen atoms in total. The van der Waals surface area contributed by atoms with Crippen LogP contribution in [0.3, 0.4) is 0 Å². The number of aromatic nitrogens is 1. The molecule has 1 aromatic rings. The third-order valence-electron chi connectivity index (χ3n) is 1.48. The summed E-state index contributed by atoms with van der Waals surface area (Å²) in [5, 5.41) is 1.10. The average molecular weight is 255 g/mol. The van der Waals surface area contributed by atoms with Crippen molar-refractivity contribution in [2.45, 2.75) is 6.18 Å². The lowest BCUT2D eigenvalue weighted by Gasteiger charge is -2.06. The molecule has 0 atom stereocenters. The van der Waals surface area contributed by atoms with Gasteiger partial charge in [-0.05, 0) is 12.1 Å². The van der Waals surface area contributed by atoms with Crippen LogP contribution >= 0.6 is 11.6 Å². The number of rotatable bonds is 2. The van der Waals surface area contributed by atoms with E-state index in [2.05, 4.69) is 9.82 Å². The van der Waals surface area contributed by atoms with E-state index < -0.39 is 28.6 Å². The Morgan fingerprint density at radius 1 is 1.44 bits per heavy atom. The highest BCUT2D eigenvalue weighted by Gasteiger charge is 2.33. The molecule has 0 N–H and O–H groups in total. The van der Waals surface area contributed by atoms with Gasteiger partial charge in [-0.2, -0.15) is 13.2 Å². The Hall–Kier alpha value is -1.70. The van der Waals surface area contributed by atoms with Gasteiger partial charge in [-0.15, -0.1) is 4.91 Å². The van der Waals surface area contributed by atoms with Gasteiger partial charge in [-0.1, -0.05) is 11.6 Å². The van der Waals surface area contributed by atoms with E-state index in [1.165, 1.54) is 0 Å².